The third-order valence-corrected chi connectivity index (χ3v) is 5.68. The molecule has 3 atom stereocenters. The molecule has 0 bridgehead atoms. The Morgan fingerprint density at radius 3 is 2.95 bits per heavy atom. The summed E-state index contributed by atoms with van der Waals surface area (Å²) >= 11 is 0. The second-order valence-corrected chi connectivity index (χ2v) is 6.91. The molecule has 1 amide bonds. The molecule has 22 heavy (non-hydrogen) atoms. The average molecular weight is 298 g/mol. The van der Waals surface area contributed by atoms with Crippen molar-refractivity contribution < 1.29 is 4.79 Å². The Balaban J connectivity index is 1.54. The van der Waals surface area contributed by atoms with Gasteiger partial charge in [0.2, 0.25) is 0 Å². The predicted molar refractivity (Wildman–Crippen MR) is 84.3 cm³/mol. The van der Waals surface area contributed by atoms with E-state index in [1.54, 1.807) is 4.90 Å². The Kier molecular flexibility index (Phi) is 3.08. The van der Waals surface area contributed by atoms with Crippen LogP contribution in [0.5, 0.6) is 0 Å². The summed E-state index contributed by atoms with van der Waals surface area (Å²) in [6.45, 7) is 4.91. The van der Waals surface area contributed by atoms with E-state index in [0.29, 0.717) is 11.8 Å². The highest BCUT2D eigenvalue weighted by molar-refractivity contribution is 6.07. The van der Waals surface area contributed by atoms with Gasteiger partial charge in [0.15, 0.2) is 0 Å². The summed E-state index contributed by atoms with van der Waals surface area (Å²) in [5, 5.41) is 0. The molecule has 1 aromatic heterocycles. The molecule has 0 radical (unpaired) electrons. The van der Waals surface area contributed by atoms with Crippen LogP contribution in [0.2, 0.25) is 0 Å². The van der Waals surface area contributed by atoms with Crippen molar-refractivity contribution in [1.82, 2.24) is 14.8 Å². The van der Waals surface area contributed by atoms with Crippen LogP contribution in [0.25, 0.3) is 0 Å². The van der Waals surface area contributed by atoms with E-state index in [9.17, 15) is 4.79 Å². The molecule has 5 heteroatoms. The molecule has 116 valence electrons. The number of hydrogen-bond donors (Lipinski definition) is 0. The zero-order chi connectivity index (χ0) is 15.3. The maximum Gasteiger partial charge on any atom is 0.255 e. The molecule has 0 unspecified atom stereocenters. The van der Waals surface area contributed by atoms with Crippen molar-refractivity contribution >= 4 is 11.7 Å². The molecule has 3 heterocycles. The number of rotatable bonds is 2. The van der Waals surface area contributed by atoms with Gasteiger partial charge in [-0.2, -0.15) is 0 Å². The lowest BCUT2D eigenvalue weighted by atomic mass is 9.85. The van der Waals surface area contributed by atoms with Crippen LogP contribution in [0, 0.1) is 11.8 Å². The van der Waals surface area contributed by atoms with E-state index in [1.165, 1.54) is 5.56 Å². The maximum atomic E-state index is 12.7. The molecular weight excluding hydrogens is 276 g/mol. The van der Waals surface area contributed by atoms with Gasteiger partial charge >= 0.3 is 0 Å². The van der Waals surface area contributed by atoms with Crippen LogP contribution in [0.15, 0.2) is 29.5 Å². The molecule has 1 spiro atoms. The first-order valence-electron chi connectivity index (χ1n) is 8.06. The molecule has 1 aromatic rings. The smallest absolute Gasteiger partial charge is 0.255 e. The van der Waals surface area contributed by atoms with E-state index in [0.717, 1.165) is 38.3 Å². The minimum Gasteiger partial charge on any atom is -0.302 e. The lowest BCUT2D eigenvalue weighted by Crippen LogP contribution is -2.45. The Morgan fingerprint density at radius 1 is 1.41 bits per heavy atom. The maximum absolute atomic E-state index is 12.7. The number of aromatic nitrogens is 1. The van der Waals surface area contributed by atoms with Gasteiger partial charge in [0.05, 0.1) is 0 Å². The van der Waals surface area contributed by atoms with E-state index in [-0.39, 0.29) is 5.91 Å². The molecule has 1 aliphatic carbocycles. The zero-order valence-electron chi connectivity index (χ0n) is 13.2. The zero-order valence-corrected chi connectivity index (χ0v) is 13.2. The fraction of sp³-hybridized carbons (Fsp3) is 0.588. The van der Waals surface area contributed by atoms with Crippen LogP contribution >= 0.6 is 0 Å². The molecule has 1 saturated heterocycles. The van der Waals surface area contributed by atoms with Crippen molar-refractivity contribution in [1.29, 1.82) is 0 Å². The highest BCUT2D eigenvalue weighted by Crippen LogP contribution is 2.50. The van der Waals surface area contributed by atoms with Gasteiger partial charge in [-0.05, 0) is 37.3 Å². The van der Waals surface area contributed by atoms with Gasteiger partial charge in [-0.1, -0.05) is 6.07 Å². The van der Waals surface area contributed by atoms with Gasteiger partial charge in [-0.3, -0.25) is 19.7 Å². The molecular formula is C17H22N4O. The first-order valence-corrected chi connectivity index (χ1v) is 8.06. The fourth-order valence-electron chi connectivity index (χ4n) is 4.52. The lowest BCUT2D eigenvalue weighted by molar-refractivity contribution is -0.131. The third-order valence-electron chi connectivity index (χ3n) is 5.68. The van der Waals surface area contributed by atoms with E-state index in [1.807, 2.05) is 32.4 Å². The van der Waals surface area contributed by atoms with E-state index in [4.69, 9.17) is 4.99 Å². The largest absolute Gasteiger partial charge is 0.302 e. The van der Waals surface area contributed by atoms with Crippen LogP contribution < -0.4 is 0 Å². The Bertz CT molecular complexity index is 629. The fourth-order valence-corrected chi connectivity index (χ4v) is 4.52. The van der Waals surface area contributed by atoms with E-state index >= 15 is 0 Å². The number of pyridine rings is 1. The minimum atomic E-state index is -0.465. The summed E-state index contributed by atoms with van der Waals surface area (Å²) < 4.78 is 0. The summed E-state index contributed by atoms with van der Waals surface area (Å²) in [5.41, 5.74) is 0.777. The van der Waals surface area contributed by atoms with Gasteiger partial charge in [0.1, 0.15) is 11.4 Å². The van der Waals surface area contributed by atoms with E-state index < -0.39 is 5.54 Å². The first kappa shape index (κ1) is 13.9. The van der Waals surface area contributed by atoms with Crippen molar-refractivity contribution in [3.05, 3.63) is 30.1 Å². The van der Waals surface area contributed by atoms with Crippen LogP contribution in [-0.2, 0) is 11.3 Å². The number of likely N-dealkylation sites (tertiary alicyclic amines) is 1. The topological polar surface area (TPSA) is 48.8 Å². The number of nitrogens with zero attached hydrogens (tertiary/aromatic N) is 4. The highest BCUT2D eigenvalue weighted by atomic mass is 16.2. The Morgan fingerprint density at radius 2 is 2.27 bits per heavy atom. The molecule has 0 aromatic carbocycles. The lowest BCUT2D eigenvalue weighted by Gasteiger charge is -2.27. The van der Waals surface area contributed by atoms with Crippen molar-refractivity contribution in [2.45, 2.75) is 31.8 Å². The van der Waals surface area contributed by atoms with Gasteiger partial charge in [-0.15, -0.1) is 0 Å². The standard InChI is InChI=1S/C17H22N4O/c1-12-19-17(16(22)20(12)2)6-5-14-10-21(11-15(14)17)9-13-4-3-7-18-8-13/h3-4,7-8,14-15H,5-6,9-11H2,1-2H3/t14-,15+,17-/m1/s1. The van der Waals surface area contributed by atoms with Crippen LogP contribution in [-0.4, -0.2) is 52.2 Å². The van der Waals surface area contributed by atoms with Crippen LogP contribution in [0.3, 0.4) is 0 Å². The number of likely N-dealkylation sites (N-methyl/N-ethyl adjacent to an activating group) is 1. The monoisotopic (exact) mass is 298 g/mol. The number of amides is 1. The molecule has 5 nitrogen and oxygen atoms in total. The summed E-state index contributed by atoms with van der Waals surface area (Å²) in [7, 11) is 1.85. The number of carbonyl (C=O) groups is 1. The number of carbonyl (C=O) groups excluding carboxylic acids is 1. The van der Waals surface area contributed by atoms with Crippen molar-refractivity contribution in [2.24, 2.45) is 16.8 Å². The summed E-state index contributed by atoms with van der Waals surface area (Å²) in [5.74, 6) is 2.05. The Hall–Kier alpha value is -1.75. The van der Waals surface area contributed by atoms with Crippen molar-refractivity contribution in [3.63, 3.8) is 0 Å². The normalized spacial score (nSPS) is 34.5. The quantitative estimate of drug-likeness (QED) is 0.832. The number of fused-ring (bicyclic) bond motifs is 2. The molecule has 4 rings (SSSR count). The van der Waals surface area contributed by atoms with Gasteiger partial charge < -0.3 is 4.90 Å². The van der Waals surface area contributed by atoms with Gasteiger partial charge in [0, 0.05) is 45.0 Å². The van der Waals surface area contributed by atoms with Crippen LogP contribution in [0.1, 0.15) is 25.3 Å². The third kappa shape index (κ3) is 1.92. The predicted octanol–water partition coefficient (Wildman–Crippen LogP) is 1.55. The molecule has 2 aliphatic heterocycles. The van der Waals surface area contributed by atoms with E-state index in [2.05, 4.69) is 16.0 Å². The second kappa shape index (κ2) is 4.88. The van der Waals surface area contributed by atoms with Gasteiger partial charge in [0.25, 0.3) is 5.91 Å². The average Bonchev–Trinajstić information content (AvgIpc) is 3.12. The second-order valence-electron chi connectivity index (χ2n) is 6.91. The summed E-state index contributed by atoms with van der Waals surface area (Å²) in [4.78, 5) is 25.9. The molecule has 3 aliphatic rings. The number of amidine groups is 1. The number of hydrogen-bond acceptors (Lipinski definition) is 4. The SMILES string of the molecule is CC1=N[C@@]2(CC[C@@H]3CN(Cc4cccnc4)C[C@@H]32)C(=O)N1C. The van der Waals surface area contributed by atoms with Crippen molar-refractivity contribution in [2.75, 3.05) is 20.1 Å². The first-order chi connectivity index (χ1) is 10.6. The summed E-state index contributed by atoms with van der Waals surface area (Å²) in [6, 6.07) is 4.10. The molecule has 2 fully saturated rings. The Labute approximate surface area is 131 Å². The molecule has 0 N–H and O–H groups in total. The number of aliphatic imine (C=N–C) groups is 1. The molecule has 1 saturated carbocycles. The van der Waals surface area contributed by atoms with Gasteiger partial charge in [-0.25, -0.2) is 0 Å². The highest BCUT2D eigenvalue weighted by Gasteiger charge is 2.59. The van der Waals surface area contributed by atoms with Crippen molar-refractivity contribution in [3.8, 4) is 0 Å². The minimum absolute atomic E-state index is 0.209. The van der Waals surface area contributed by atoms with Crippen LogP contribution in [0.4, 0.5) is 0 Å². The summed E-state index contributed by atoms with van der Waals surface area (Å²) in [6.07, 6.45) is 5.77.